The summed E-state index contributed by atoms with van der Waals surface area (Å²) in [6.45, 7) is 4.68. The topological polar surface area (TPSA) is 91.3 Å². The number of hydrogen-bond donors (Lipinski definition) is 2. The zero-order chi connectivity index (χ0) is 23.9. The van der Waals surface area contributed by atoms with Crippen molar-refractivity contribution in [3.63, 3.8) is 0 Å². The van der Waals surface area contributed by atoms with Crippen LogP contribution in [0.3, 0.4) is 0 Å². The van der Waals surface area contributed by atoms with Gasteiger partial charge in [-0.3, -0.25) is 14.9 Å². The van der Waals surface area contributed by atoms with Crippen LogP contribution in [0.2, 0.25) is 0 Å². The van der Waals surface area contributed by atoms with Crippen LogP contribution in [0, 0.1) is 12.8 Å². The summed E-state index contributed by atoms with van der Waals surface area (Å²) in [6.07, 6.45) is 4.20. The van der Waals surface area contributed by atoms with Gasteiger partial charge in [-0.1, -0.05) is 17.8 Å². The standard InChI is InChI=1S/C25H30FN7S/c1-15(27)10-21(28-3)30-22-12-23(33-13-25(26,14-33)18-6-7-18)32-24(31-22)34-19-8-9-20-17(11-19)5-4-16(2)29-20/h4-5,8-11,18,23H,6-7,12-14,27H2,1-3H3,(H,28,30,31,32). The van der Waals surface area contributed by atoms with Crippen LogP contribution >= 0.6 is 11.8 Å². The lowest BCUT2D eigenvalue weighted by Crippen LogP contribution is -2.63. The smallest absolute Gasteiger partial charge is 0.191 e. The van der Waals surface area contributed by atoms with Crippen molar-refractivity contribution in [1.82, 2.24) is 15.2 Å². The average Bonchev–Trinajstić information content (AvgIpc) is 3.62. The second kappa shape index (κ2) is 9.11. The van der Waals surface area contributed by atoms with Crippen molar-refractivity contribution in [2.45, 2.75) is 49.8 Å². The second-order valence-corrected chi connectivity index (χ2v) is 10.4. The van der Waals surface area contributed by atoms with Gasteiger partial charge in [0.25, 0.3) is 0 Å². The molecule has 2 fully saturated rings. The van der Waals surface area contributed by atoms with E-state index in [0.717, 1.165) is 40.2 Å². The van der Waals surface area contributed by atoms with Crippen molar-refractivity contribution >= 4 is 39.5 Å². The van der Waals surface area contributed by atoms with E-state index in [2.05, 4.69) is 32.3 Å². The molecule has 9 heteroatoms. The number of hydrogen-bond acceptors (Lipinski definition) is 7. The molecule has 1 unspecified atom stereocenters. The summed E-state index contributed by atoms with van der Waals surface area (Å²) in [4.78, 5) is 21.7. The molecule has 1 saturated heterocycles. The Labute approximate surface area is 203 Å². The highest BCUT2D eigenvalue weighted by Gasteiger charge is 2.55. The summed E-state index contributed by atoms with van der Waals surface area (Å²) >= 11 is 1.50. The quantitative estimate of drug-likeness (QED) is 0.510. The number of likely N-dealkylation sites (tertiary alicyclic amines) is 1. The lowest BCUT2D eigenvalue weighted by Gasteiger charge is -2.48. The number of alkyl halides is 1. The summed E-state index contributed by atoms with van der Waals surface area (Å²) in [6, 6.07) is 10.2. The molecule has 3 aliphatic rings. The van der Waals surface area contributed by atoms with Crippen molar-refractivity contribution in [3.8, 4) is 0 Å². The highest BCUT2D eigenvalue weighted by atomic mass is 32.2. The first-order valence-electron chi connectivity index (χ1n) is 11.6. The summed E-state index contributed by atoms with van der Waals surface area (Å²) in [5.74, 6) is 1.61. The number of aryl methyl sites for hydroxylation is 1. The number of nitrogens with one attached hydrogen (secondary N) is 1. The summed E-state index contributed by atoms with van der Waals surface area (Å²) in [5.41, 5.74) is 7.40. The number of aromatic nitrogens is 1. The molecule has 1 aromatic carbocycles. The number of nitrogens with two attached hydrogens (primary N) is 1. The first-order valence-corrected chi connectivity index (χ1v) is 12.4. The minimum atomic E-state index is -1.05. The van der Waals surface area contributed by atoms with Crippen LogP contribution < -0.4 is 11.1 Å². The van der Waals surface area contributed by atoms with Gasteiger partial charge in [-0.2, -0.15) is 0 Å². The molecular formula is C25H30FN7S. The number of amidine groups is 3. The molecule has 1 aromatic heterocycles. The zero-order valence-corrected chi connectivity index (χ0v) is 20.6. The van der Waals surface area contributed by atoms with E-state index in [0.29, 0.717) is 36.2 Å². The summed E-state index contributed by atoms with van der Waals surface area (Å²) < 4.78 is 15.0. The van der Waals surface area contributed by atoms with Crippen molar-refractivity contribution < 1.29 is 4.39 Å². The van der Waals surface area contributed by atoms with Gasteiger partial charge >= 0.3 is 0 Å². The third kappa shape index (κ3) is 5.00. The maximum Gasteiger partial charge on any atom is 0.191 e. The largest absolute Gasteiger partial charge is 0.402 e. The fourth-order valence-corrected chi connectivity index (χ4v) is 5.33. The van der Waals surface area contributed by atoms with Gasteiger partial charge in [0.1, 0.15) is 23.5 Å². The highest BCUT2D eigenvalue weighted by Crippen LogP contribution is 2.48. The number of fused-ring (bicyclic) bond motifs is 1. The Bertz CT molecular complexity index is 1220. The molecule has 5 rings (SSSR count). The van der Waals surface area contributed by atoms with E-state index >= 15 is 4.39 Å². The Morgan fingerprint density at radius 2 is 2.09 bits per heavy atom. The molecule has 0 amide bonds. The molecular weight excluding hydrogens is 449 g/mol. The molecule has 7 nitrogen and oxygen atoms in total. The number of halogens is 1. The molecule has 0 spiro atoms. The van der Waals surface area contributed by atoms with Gasteiger partial charge in [-0.25, -0.2) is 14.4 Å². The van der Waals surface area contributed by atoms with Crippen molar-refractivity contribution in [3.05, 3.63) is 47.8 Å². The van der Waals surface area contributed by atoms with Gasteiger partial charge in [-0.05, 0) is 62.9 Å². The normalized spacial score (nSPS) is 23.4. The first-order chi connectivity index (χ1) is 16.3. The Kier molecular flexibility index (Phi) is 6.16. The third-order valence-electron chi connectivity index (χ3n) is 6.42. The van der Waals surface area contributed by atoms with Gasteiger partial charge in [-0.15, -0.1) is 0 Å². The highest BCUT2D eigenvalue weighted by molar-refractivity contribution is 8.14. The minimum absolute atomic E-state index is 0.157. The molecule has 0 radical (unpaired) electrons. The fraction of sp³-hybridized carbons (Fsp3) is 0.440. The van der Waals surface area contributed by atoms with Crippen LogP contribution in [-0.4, -0.2) is 58.7 Å². The lowest BCUT2D eigenvalue weighted by molar-refractivity contribution is -0.0687. The molecule has 178 valence electrons. The van der Waals surface area contributed by atoms with E-state index in [1.54, 1.807) is 13.1 Å². The van der Waals surface area contributed by atoms with Crippen LogP contribution in [0.25, 0.3) is 10.9 Å². The molecule has 1 atom stereocenters. The molecule has 3 N–H and O–H groups in total. The van der Waals surface area contributed by atoms with E-state index in [9.17, 15) is 0 Å². The van der Waals surface area contributed by atoms with Gasteiger partial charge in [0, 0.05) is 48.2 Å². The van der Waals surface area contributed by atoms with Crippen LogP contribution in [0.4, 0.5) is 4.39 Å². The predicted molar refractivity (Wildman–Crippen MR) is 138 cm³/mol. The Morgan fingerprint density at radius 1 is 1.29 bits per heavy atom. The molecule has 2 aliphatic heterocycles. The molecule has 3 heterocycles. The number of nitrogens with zero attached hydrogens (tertiary/aromatic N) is 5. The number of rotatable bonds is 4. The zero-order valence-electron chi connectivity index (χ0n) is 19.8. The molecule has 1 aliphatic carbocycles. The summed E-state index contributed by atoms with van der Waals surface area (Å²) in [7, 11) is 1.71. The average molecular weight is 480 g/mol. The van der Waals surface area contributed by atoms with E-state index in [1.165, 1.54) is 11.8 Å². The SMILES string of the molecule is CN=C(C=C(C)N)NC1=NC(Sc2ccc3nc(C)ccc3c2)=NC(N2CC(F)(C3CC3)C2)C1. The Hall–Kier alpha value is -2.78. The number of allylic oxidation sites excluding steroid dienone is 1. The first kappa shape index (κ1) is 23.0. The molecule has 1 saturated carbocycles. The van der Waals surface area contributed by atoms with Crippen LogP contribution in [0.1, 0.15) is 31.9 Å². The maximum absolute atomic E-state index is 15.0. The molecule has 34 heavy (non-hydrogen) atoms. The maximum atomic E-state index is 15.0. The number of thioether (sulfide) groups is 1. The summed E-state index contributed by atoms with van der Waals surface area (Å²) in [5, 5.41) is 5.01. The predicted octanol–water partition coefficient (Wildman–Crippen LogP) is 4.03. The third-order valence-corrected chi connectivity index (χ3v) is 7.28. The molecule has 2 aromatic rings. The van der Waals surface area contributed by atoms with E-state index < -0.39 is 5.67 Å². The molecule has 0 bridgehead atoms. The van der Waals surface area contributed by atoms with Crippen LogP contribution in [0.5, 0.6) is 0 Å². The monoisotopic (exact) mass is 479 g/mol. The van der Waals surface area contributed by atoms with E-state index in [-0.39, 0.29) is 12.1 Å². The lowest BCUT2D eigenvalue weighted by atomic mass is 9.90. The van der Waals surface area contributed by atoms with Crippen LogP contribution in [-0.2, 0) is 0 Å². The van der Waals surface area contributed by atoms with Crippen molar-refractivity contribution in [1.29, 1.82) is 0 Å². The number of benzene rings is 1. The minimum Gasteiger partial charge on any atom is -0.402 e. The van der Waals surface area contributed by atoms with Gasteiger partial charge in [0.2, 0.25) is 0 Å². The fourth-order valence-electron chi connectivity index (χ4n) is 4.47. The van der Waals surface area contributed by atoms with Crippen molar-refractivity contribution in [2.75, 3.05) is 20.1 Å². The second-order valence-electron chi connectivity index (χ2n) is 9.40. The van der Waals surface area contributed by atoms with Gasteiger partial charge in [0.05, 0.1) is 5.52 Å². The van der Waals surface area contributed by atoms with Crippen molar-refractivity contribution in [2.24, 2.45) is 26.6 Å². The Morgan fingerprint density at radius 3 is 2.79 bits per heavy atom. The van der Waals surface area contributed by atoms with Gasteiger partial charge in [0.15, 0.2) is 5.17 Å². The number of aliphatic imine (C=N–C) groups is 3. The Balaban J connectivity index is 1.38. The van der Waals surface area contributed by atoms with Gasteiger partial charge < -0.3 is 11.1 Å². The van der Waals surface area contributed by atoms with E-state index in [4.69, 9.17) is 15.7 Å². The van der Waals surface area contributed by atoms with Crippen LogP contribution in [0.15, 0.2) is 62.0 Å². The number of pyridine rings is 1. The van der Waals surface area contributed by atoms with E-state index in [1.807, 2.05) is 32.0 Å².